The van der Waals surface area contributed by atoms with Crippen molar-refractivity contribution in [2.24, 2.45) is 0 Å². The molecule has 1 aliphatic heterocycles. The molecular weight excluding hydrogens is 452 g/mol. The molecular formula is C18H13IrN2O-. The minimum Gasteiger partial charge on any atom is -0.492 e. The molecule has 0 saturated carbocycles. The van der Waals surface area contributed by atoms with Crippen LogP contribution in [0, 0.1) is 12.6 Å². The molecule has 0 unspecified atom stereocenters. The van der Waals surface area contributed by atoms with Crippen LogP contribution in [-0.4, -0.2) is 11.6 Å². The molecule has 0 spiro atoms. The molecule has 0 bridgehead atoms. The predicted molar refractivity (Wildman–Crippen MR) is 82.9 cm³/mol. The van der Waals surface area contributed by atoms with Gasteiger partial charge in [0.05, 0.1) is 13.2 Å². The van der Waals surface area contributed by atoms with Gasteiger partial charge < -0.3 is 9.72 Å². The Hall–Kier alpha value is -1.95. The Morgan fingerprint density at radius 2 is 2.05 bits per heavy atom. The predicted octanol–water partition coefficient (Wildman–Crippen LogP) is 4.41. The minimum absolute atomic E-state index is 0. The summed E-state index contributed by atoms with van der Waals surface area (Å²) in [4.78, 5) is 8.21. The Morgan fingerprint density at radius 1 is 1.27 bits per heavy atom. The number of rotatable bonds is 0. The van der Waals surface area contributed by atoms with E-state index >= 15 is 0 Å². The zero-order chi connectivity index (χ0) is 14.6. The molecule has 0 aliphatic carbocycles. The van der Waals surface area contributed by atoms with E-state index < -0.39 is 0 Å². The van der Waals surface area contributed by atoms with Gasteiger partial charge in [0.2, 0.25) is 0 Å². The molecule has 0 atom stereocenters. The number of nitrogens with zero attached hydrogens (tertiary/aromatic N) is 2. The normalized spacial score (nSPS) is 15.0. The van der Waals surface area contributed by atoms with Crippen molar-refractivity contribution in [1.29, 1.82) is 0 Å². The standard InChI is InChI=1S/C18H13N2O.Ir/c1-18(2)10-21-17-13-8-7-11-12(5-4-6-15(11)19-3)16(13)20-9-14(17)18;/h4,6-9H,10H2,1-2H3;/q-1;. The largest absolute Gasteiger partial charge is 0.492 e. The molecule has 1 aliphatic rings. The summed E-state index contributed by atoms with van der Waals surface area (Å²) in [6.07, 6.45) is 1.91. The smallest absolute Gasteiger partial charge is 0.124 e. The second-order valence-electron chi connectivity index (χ2n) is 6.03. The molecule has 2 aromatic carbocycles. The van der Waals surface area contributed by atoms with Crippen LogP contribution in [-0.2, 0) is 25.5 Å². The van der Waals surface area contributed by atoms with Gasteiger partial charge in [0.15, 0.2) is 0 Å². The van der Waals surface area contributed by atoms with Crippen LogP contribution < -0.4 is 4.74 Å². The van der Waals surface area contributed by atoms with Crippen molar-refractivity contribution in [3.8, 4) is 5.75 Å². The van der Waals surface area contributed by atoms with Gasteiger partial charge in [-0.2, -0.15) is 6.07 Å². The molecule has 1 aromatic heterocycles. The molecule has 22 heavy (non-hydrogen) atoms. The third-order valence-corrected chi connectivity index (χ3v) is 4.16. The van der Waals surface area contributed by atoms with E-state index in [0.29, 0.717) is 12.3 Å². The van der Waals surface area contributed by atoms with Gasteiger partial charge in [-0.25, -0.2) is 0 Å². The van der Waals surface area contributed by atoms with E-state index in [4.69, 9.17) is 11.3 Å². The minimum atomic E-state index is -0.00639. The zero-order valence-electron chi connectivity index (χ0n) is 12.2. The van der Waals surface area contributed by atoms with Gasteiger partial charge in [-0.05, 0) is 5.52 Å². The van der Waals surface area contributed by atoms with Crippen LogP contribution in [0.2, 0.25) is 0 Å². The quantitative estimate of drug-likeness (QED) is 0.363. The van der Waals surface area contributed by atoms with Crippen molar-refractivity contribution in [2.45, 2.75) is 19.3 Å². The van der Waals surface area contributed by atoms with Crippen molar-refractivity contribution in [2.75, 3.05) is 6.61 Å². The Bertz CT molecular complexity index is 941. The van der Waals surface area contributed by atoms with E-state index in [2.05, 4.69) is 29.7 Å². The molecule has 4 rings (SSSR count). The summed E-state index contributed by atoms with van der Waals surface area (Å²) in [6.45, 7) is 12.3. The number of fused-ring (bicyclic) bond motifs is 5. The summed E-state index contributed by atoms with van der Waals surface area (Å²) < 4.78 is 5.92. The average molecular weight is 466 g/mol. The number of ether oxygens (including phenoxy) is 1. The van der Waals surface area contributed by atoms with Gasteiger partial charge in [-0.15, -0.1) is 29.0 Å². The van der Waals surface area contributed by atoms with Crippen LogP contribution in [0.25, 0.3) is 26.5 Å². The van der Waals surface area contributed by atoms with Crippen LogP contribution in [0.3, 0.4) is 0 Å². The first kappa shape index (κ1) is 15.0. The first-order valence-electron chi connectivity index (χ1n) is 6.89. The van der Waals surface area contributed by atoms with Crippen LogP contribution in [0.5, 0.6) is 5.75 Å². The summed E-state index contributed by atoms with van der Waals surface area (Å²) in [6, 6.07) is 10.8. The molecule has 0 amide bonds. The van der Waals surface area contributed by atoms with E-state index in [1.54, 1.807) is 12.1 Å². The molecule has 0 fully saturated rings. The summed E-state index contributed by atoms with van der Waals surface area (Å²) in [5.74, 6) is 0.925. The number of hydrogen-bond donors (Lipinski definition) is 0. The van der Waals surface area contributed by atoms with Crippen molar-refractivity contribution < 1.29 is 24.8 Å². The Kier molecular flexibility index (Phi) is 3.44. The number of aromatic nitrogens is 1. The maximum Gasteiger partial charge on any atom is 0.124 e. The summed E-state index contributed by atoms with van der Waals surface area (Å²) in [5, 5.41) is 2.78. The molecule has 0 saturated heterocycles. The van der Waals surface area contributed by atoms with E-state index in [-0.39, 0.29) is 25.5 Å². The fourth-order valence-electron chi connectivity index (χ4n) is 2.96. The summed E-state index contributed by atoms with van der Waals surface area (Å²) >= 11 is 0. The fraction of sp³-hybridized carbons (Fsp3) is 0.222. The molecule has 0 N–H and O–H groups in total. The van der Waals surface area contributed by atoms with Crippen LogP contribution in [0.1, 0.15) is 19.4 Å². The van der Waals surface area contributed by atoms with Gasteiger partial charge in [-0.3, -0.25) is 4.85 Å². The molecule has 4 heteroatoms. The topological polar surface area (TPSA) is 26.5 Å². The maximum atomic E-state index is 7.27. The molecule has 111 valence electrons. The van der Waals surface area contributed by atoms with E-state index in [1.165, 1.54) is 0 Å². The maximum absolute atomic E-state index is 7.27. The number of hydrogen-bond acceptors (Lipinski definition) is 2. The zero-order valence-corrected chi connectivity index (χ0v) is 14.6. The van der Waals surface area contributed by atoms with Crippen LogP contribution >= 0.6 is 0 Å². The van der Waals surface area contributed by atoms with Crippen LogP contribution in [0.4, 0.5) is 5.69 Å². The molecule has 3 nitrogen and oxygen atoms in total. The van der Waals surface area contributed by atoms with E-state index in [1.807, 2.05) is 18.3 Å². The fourth-order valence-corrected chi connectivity index (χ4v) is 2.96. The summed E-state index contributed by atoms with van der Waals surface area (Å²) in [7, 11) is 0. The number of pyridine rings is 1. The summed E-state index contributed by atoms with van der Waals surface area (Å²) in [5.41, 5.74) is 2.63. The van der Waals surface area contributed by atoms with E-state index in [9.17, 15) is 0 Å². The van der Waals surface area contributed by atoms with Crippen molar-refractivity contribution >= 4 is 27.4 Å². The molecule has 1 radical (unpaired) electrons. The monoisotopic (exact) mass is 466 g/mol. The van der Waals surface area contributed by atoms with Crippen molar-refractivity contribution in [1.82, 2.24) is 4.98 Å². The SMILES string of the molecule is [C-]#[N+]c1cc[c-]c2c1ccc1c3c(cnc12)C(C)(C)CO3.[Ir]. The van der Waals surface area contributed by atoms with E-state index in [0.717, 1.165) is 33.0 Å². The van der Waals surface area contributed by atoms with Gasteiger partial charge in [-0.1, -0.05) is 19.9 Å². The van der Waals surface area contributed by atoms with Gasteiger partial charge in [0.25, 0.3) is 0 Å². The second-order valence-corrected chi connectivity index (χ2v) is 6.03. The Labute approximate surface area is 142 Å². The van der Waals surface area contributed by atoms with Gasteiger partial charge in [0, 0.05) is 42.7 Å². The molecule has 2 heterocycles. The van der Waals surface area contributed by atoms with Crippen molar-refractivity contribution in [3.63, 3.8) is 0 Å². The van der Waals surface area contributed by atoms with Gasteiger partial charge >= 0.3 is 0 Å². The second kappa shape index (κ2) is 5.05. The molecule has 3 aromatic rings. The third-order valence-electron chi connectivity index (χ3n) is 4.16. The third kappa shape index (κ3) is 1.94. The van der Waals surface area contributed by atoms with Gasteiger partial charge in [0.1, 0.15) is 11.4 Å². The average Bonchev–Trinajstić information content (AvgIpc) is 2.82. The first-order valence-corrected chi connectivity index (χ1v) is 6.89. The number of benzene rings is 2. The Balaban J connectivity index is 0.00000144. The Morgan fingerprint density at radius 3 is 2.82 bits per heavy atom. The van der Waals surface area contributed by atoms with Crippen molar-refractivity contribution in [3.05, 3.63) is 53.5 Å². The van der Waals surface area contributed by atoms with Crippen LogP contribution in [0.15, 0.2) is 30.5 Å². The first-order chi connectivity index (χ1) is 10.1.